The van der Waals surface area contributed by atoms with Crippen molar-refractivity contribution in [2.45, 2.75) is 12.6 Å². The second-order valence-electron chi connectivity index (χ2n) is 8.10. The lowest BCUT2D eigenvalue weighted by molar-refractivity contribution is 1.07. The number of hydrogen-bond donors (Lipinski definition) is 0. The van der Waals surface area contributed by atoms with Gasteiger partial charge in [0.2, 0.25) is 0 Å². The van der Waals surface area contributed by atoms with Crippen molar-refractivity contribution in [2.24, 2.45) is 0 Å². The summed E-state index contributed by atoms with van der Waals surface area (Å²) >= 11 is 4.01. The van der Waals surface area contributed by atoms with Gasteiger partial charge in [-0.3, -0.25) is 0 Å². The molecule has 0 spiro atoms. The van der Waals surface area contributed by atoms with E-state index in [0.717, 1.165) is 0 Å². The fourth-order valence-electron chi connectivity index (χ4n) is 4.89. The Morgan fingerprint density at radius 3 is 1.47 bits per heavy atom. The zero-order valence-corrected chi connectivity index (χ0v) is 20.5. The van der Waals surface area contributed by atoms with Crippen LogP contribution in [0, 0.1) is 0 Å². The van der Waals surface area contributed by atoms with E-state index >= 15 is 0 Å². The first-order chi connectivity index (χ1) is 15.7. The van der Waals surface area contributed by atoms with E-state index in [9.17, 15) is 0 Å². The van der Waals surface area contributed by atoms with Crippen LogP contribution >= 0.6 is 23.2 Å². The van der Waals surface area contributed by atoms with Crippen LogP contribution in [0.15, 0.2) is 132 Å². The molecule has 0 aromatic heterocycles. The molecule has 0 fully saturated rings. The van der Waals surface area contributed by atoms with Gasteiger partial charge >= 0.3 is 0 Å². The van der Waals surface area contributed by atoms with Gasteiger partial charge in [-0.25, -0.2) is 0 Å². The van der Waals surface area contributed by atoms with Crippen LogP contribution in [-0.4, -0.2) is 0 Å². The summed E-state index contributed by atoms with van der Waals surface area (Å²) in [6.07, 6.45) is 0. The summed E-state index contributed by atoms with van der Waals surface area (Å²) in [5.41, 5.74) is 1.64. The van der Waals surface area contributed by atoms with Crippen molar-refractivity contribution in [1.82, 2.24) is 0 Å². The normalized spacial score (nSPS) is 12.6. The van der Waals surface area contributed by atoms with Crippen molar-refractivity contribution in [3.05, 3.63) is 137 Å². The van der Waals surface area contributed by atoms with E-state index in [1.807, 2.05) is 0 Å². The molecule has 0 aliphatic heterocycles. The molecule has 2 heteroatoms. The Hall–Kier alpha value is -2.73. The van der Waals surface area contributed by atoms with Gasteiger partial charge in [-0.1, -0.05) is 91.0 Å². The van der Waals surface area contributed by atoms with Gasteiger partial charge in [0.05, 0.1) is 0 Å². The third-order valence-electron chi connectivity index (χ3n) is 6.41. The predicted octanol–water partition coefficient (Wildman–Crippen LogP) is 7.66. The maximum absolute atomic E-state index is 4.01. The van der Waals surface area contributed by atoms with Crippen molar-refractivity contribution in [3.8, 4) is 0 Å². The Morgan fingerprint density at radius 1 is 0.531 bits per heavy atom. The summed E-state index contributed by atoms with van der Waals surface area (Å²) in [7, 11) is -2.00. The van der Waals surface area contributed by atoms with Crippen molar-refractivity contribution >= 4 is 49.9 Å². The maximum Gasteiger partial charge on any atom is 0.119 e. The van der Waals surface area contributed by atoms with Crippen LogP contribution in [0.4, 0.5) is 0 Å². The lowest BCUT2D eigenvalue weighted by Gasteiger charge is -2.33. The largest absolute Gasteiger partial charge is 0.119 e. The Balaban J connectivity index is 1.85. The lowest BCUT2D eigenvalue weighted by Crippen LogP contribution is -2.34. The summed E-state index contributed by atoms with van der Waals surface area (Å²) in [6, 6.07) is 46.5. The van der Waals surface area contributed by atoms with E-state index in [2.05, 4.69) is 150 Å². The smallest absolute Gasteiger partial charge is 0.0620 e. The number of fused-ring (bicyclic) bond motifs is 1. The summed E-state index contributed by atoms with van der Waals surface area (Å²) in [6.45, 7) is 2.41. The first-order valence-corrected chi connectivity index (χ1v) is 13.6. The van der Waals surface area contributed by atoms with E-state index in [4.69, 9.17) is 0 Å². The number of hydrogen-bond acceptors (Lipinski definition) is 0. The highest BCUT2D eigenvalue weighted by Crippen LogP contribution is 2.67. The van der Waals surface area contributed by atoms with Gasteiger partial charge in [-0.05, 0) is 70.0 Å². The molecule has 0 N–H and O–H groups in total. The molecule has 0 amide bonds. The van der Waals surface area contributed by atoms with Crippen LogP contribution in [0.1, 0.15) is 18.1 Å². The molecule has 5 aromatic carbocycles. The minimum Gasteiger partial charge on any atom is -0.0620 e. The van der Waals surface area contributed by atoms with E-state index in [0.29, 0.717) is 0 Å². The summed E-state index contributed by atoms with van der Waals surface area (Å²) in [4.78, 5) is 0. The van der Waals surface area contributed by atoms with Gasteiger partial charge in [0, 0.05) is 10.0 Å². The van der Waals surface area contributed by atoms with Crippen molar-refractivity contribution < 1.29 is 0 Å². The van der Waals surface area contributed by atoms with Crippen molar-refractivity contribution in [3.63, 3.8) is 0 Å². The molecule has 156 valence electrons. The Labute approximate surface area is 199 Å². The van der Waals surface area contributed by atoms with Gasteiger partial charge in [0.25, 0.3) is 0 Å². The van der Waals surface area contributed by atoms with Crippen LogP contribution in [-0.2, 0) is 0 Å². The summed E-state index contributed by atoms with van der Waals surface area (Å²) in [5.74, 6) is 0. The molecule has 0 nitrogen and oxygen atoms in total. The fourth-order valence-corrected chi connectivity index (χ4v) is 10.7. The van der Waals surface area contributed by atoms with Crippen LogP contribution in [0.2, 0.25) is 0 Å². The number of rotatable bonds is 5. The Morgan fingerprint density at radius 2 is 0.969 bits per heavy atom. The first kappa shape index (κ1) is 21.1. The standard InChI is InChI=1S/C30H25BrP/c1-23(28-22-21-24-13-11-12-20-29(24)30(28)31)32(25-14-5-2-6-15-25,26-16-7-3-8-17-26)27-18-9-4-10-19-27/h2-23H,1H3/q+1. The number of halogens is 1. The second-order valence-corrected chi connectivity index (χ2v) is 12.7. The fraction of sp³-hybridized carbons (Fsp3) is 0.0667. The van der Waals surface area contributed by atoms with E-state index in [-0.39, 0.29) is 5.66 Å². The van der Waals surface area contributed by atoms with Gasteiger partial charge in [0.15, 0.2) is 0 Å². The molecular weight excluding hydrogens is 471 g/mol. The van der Waals surface area contributed by atoms with E-state index in [1.54, 1.807) is 0 Å². The van der Waals surface area contributed by atoms with Crippen molar-refractivity contribution in [2.75, 3.05) is 0 Å². The van der Waals surface area contributed by atoms with Crippen LogP contribution < -0.4 is 15.9 Å². The second kappa shape index (κ2) is 9.02. The van der Waals surface area contributed by atoms with Crippen molar-refractivity contribution in [1.29, 1.82) is 0 Å². The van der Waals surface area contributed by atoms with Gasteiger partial charge in [-0.2, -0.15) is 0 Å². The minimum atomic E-state index is -2.00. The van der Waals surface area contributed by atoms with Gasteiger partial charge in [0.1, 0.15) is 28.8 Å². The zero-order valence-electron chi connectivity index (χ0n) is 18.0. The van der Waals surface area contributed by atoms with Crippen LogP contribution in [0.25, 0.3) is 10.8 Å². The Bertz CT molecular complexity index is 1230. The van der Waals surface area contributed by atoms with Gasteiger partial charge < -0.3 is 0 Å². The molecule has 1 atom stereocenters. The highest BCUT2D eigenvalue weighted by Gasteiger charge is 2.51. The molecule has 5 rings (SSSR count). The SMILES string of the molecule is CC(c1ccc2ccccc2c1Br)[P+](c1ccccc1)(c1ccccc1)c1ccccc1. The molecule has 0 saturated carbocycles. The molecular formula is C30H25BrP+. The summed E-state index contributed by atoms with van der Waals surface area (Å²) < 4.78 is 1.20. The first-order valence-electron chi connectivity index (χ1n) is 11.0. The average Bonchev–Trinajstić information content (AvgIpc) is 2.87. The molecule has 32 heavy (non-hydrogen) atoms. The van der Waals surface area contributed by atoms with E-state index in [1.165, 1.54) is 36.7 Å². The van der Waals surface area contributed by atoms with Gasteiger partial charge in [-0.15, -0.1) is 0 Å². The molecule has 0 aliphatic rings. The molecule has 0 aliphatic carbocycles. The highest BCUT2D eigenvalue weighted by molar-refractivity contribution is 9.10. The zero-order chi connectivity index (χ0) is 22.0. The maximum atomic E-state index is 4.01. The third kappa shape index (κ3) is 3.51. The minimum absolute atomic E-state index is 0.286. The predicted molar refractivity (Wildman–Crippen MR) is 145 cm³/mol. The molecule has 0 saturated heterocycles. The van der Waals surface area contributed by atoms with Crippen LogP contribution in [0.5, 0.6) is 0 Å². The topological polar surface area (TPSA) is 0 Å². The quantitative estimate of drug-likeness (QED) is 0.219. The summed E-state index contributed by atoms with van der Waals surface area (Å²) in [5, 5.41) is 6.75. The van der Waals surface area contributed by atoms with E-state index < -0.39 is 7.26 Å². The highest BCUT2D eigenvalue weighted by atomic mass is 79.9. The molecule has 5 aromatic rings. The third-order valence-corrected chi connectivity index (χ3v) is 12.1. The Kier molecular flexibility index (Phi) is 5.96. The monoisotopic (exact) mass is 495 g/mol. The number of benzene rings is 5. The molecule has 0 radical (unpaired) electrons. The molecule has 1 unspecified atom stereocenters. The average molecular weight is 496 g/mol. The van der Waals surface area contributed by atoms with Crippen LogP contribution in [0.3, 0.4) is 0 Å². The lowest BCUT2D eigenvalue weighted by atomic mass is 10.1. The molecule has 0 bridgehead atoms. The molecule has 0 heterocycles.